The number of methoxy groups -OCH3 is 1. The Morgan fingerprint density at radius 3 is 2.38 bits per heavy atom. The number of alkyl halides is 3. The van der Waals surface area contributed by atoms with Crippen LogP contribution in [-0.2, 0) is 9.53 Å². The molecular formula is C19H20F3NO3. The molecule has 0 bridgehead atoms. The van der Waals surface area contributed by atoms with Gasteiger partial charge in [-0.2, -0.15) is 13.2 Å². The highest BCUT2D eigenvalue weighted by molar-refractivity contribution is 5.77. The first-order chi connectivity index (χ1) is 12.4. The topological polar surface area (TPSA) is 47.6 Å². The van der Waals surface area contributed by atoms with Crippen LogP contribution in [0.4, 0.5) is 13.2 Å². The Bertz CT molecular complexity index is 705. The number of ether oxygens (including phenoxy) is 2. The number of nitrogens with one attached hydrogen (secondary N) is 1. The third kappa shape index (κ3) is 6.07. The number of halogens is 3. The van der Waals surface area contributed by atoms with Crippen LogP contribution < -0.4 is 10.1 Å². The summed E-state index contributed by atoms with van der Waals surface area (Å²) < 4.78 is 46.1. The van der Waals surface area contributed by atoms with Crippen molar-refractivity contribution in [2.24, 2.45) is 0 Å². The van der Waals surface area contributed by atoms with Gasteiger partial charge in [0.1, 0.15) is 12.4 Å². The molecule has 1 N–H and O–H groups in total. The third-order valence-corrected chi connectivity index (χ3v) is 3.63. The van der Waals surface area contributed by atoms with Crippen LogP contribution in [0, 0.1) is 0 Å². The van der Waals surface area contributed by atoms with Crippen molar-refractivity contribution in [2.75, 3.05) is 20.3 Å². The number of carbonyl (C=O) groups is 1. The Morgan fingerprint density at radius 2 is 1.73 bits per heavy atom. The summed E-state index contributed by atoms with van der Waals surface area (Å²) in [6.07, 6.45) is -4.57. The number of rotatable bonds is 8. The molecule has 0 aliphatic rings. The van der Waals surface area contributed by atoms with Crippen molar-refractivity contribution in [3.63, 3.8) is 0 Å². The van der Waals surface area contributed by atoms with E-state index in [1.54, 1.807) is 6.07 Å². The van der Waals surface area contributed by atoms with Crippen molar-refractivity contribution in [3.05, 3.63) is 65.7 Å². The molecule has 0 aliphatic carbocycles. The molecule has 0 radical (unpaired) electrons. The molecular weight excluding hydrogens is 347 g/mol. The molecule has 0 saturated heterocycles. The highest BCUT2D eigenvalue weighted by atomic mass is 19.4. The highest BCUT2D eigenvalue weighted by Crippen LogP contribution is 2.29. The van der Waals surface area contributed by atoms with Gasteiger partial charge >= 0.3 is 6.18 Å². The van der Waals surface area contributed by atoms with Gasteiger partial charge in [-0.3, -0.25) is 4.79 Å². The SMILES string of the molecule is COc1ccccc1C(NC(=O)CCOCC(F)(F)F)c1ccccc1. The predicted molar refractivity (Wildman–Crippen MR) is 90.9 cm³/mol. The molecule has 26 heavy (non-hydrogen) atoms. The fourth-order valence-electron chi connectivity index (χ4n) is 2.48. The van der Waals surface area contributed by atoms with Crippen LogP contribution in [0.3, 0.4) is 0 Å². The summed E-state index contributed by atoms with van der Waals surface area (Å²) in [7, 11) is 1.54. The summed E-state index contributed by atoms with van der Waals surface area (Å²) in [5.41, 5.74) is 1.59. The van der Waals surface area contributed by atoms with Crippen molar-refractivity contribution < 1.29 is 27.4 Å². The Labute approximate surface area is 149 Å². The lowest BCUT2D eigenvalue weighted by Crippen LogP contribution is -2.30. The quantitative estimate of drug-likeness (QED) is 0.721. The van der Waals surface area contributed by atoms with Gasteiger partial charge in [0.15, 0.2) is 0 Å². The zero-order chi connectivity index (χ0) is 19.0. The normalized spacial score (nSPS) is 12.5. The number of carbonyl (C=O) groups excluding carboxylic acids is 1. The number of hydrogen-bond donors (Lipinski definition) is 1. The van der Waals surface area contributed by atoms with Gasteiger partial charge in [-0.05, 0) is 11.6 Å². The lowest BCUT2D eigenvalue weighted by atomic mass is 9.97. The Hall–Kier alpha value is -2.54. The lowest BCUT2D eigenvalue weighted by molar-refractivity contribution is -0.174. The van der Waals surface area contributed by atoms with Crippen molar-refractivity contribution in [1.82, 2.24) is 5.32 Å². The number of benzene rings is 2. The number of hydrogen-bond acceptors (Lipinski definition) is 3. The van der Waals surface area contributed by atoms with E-state index < -0.39 is 24.7 Å². The van der Waals surface area contributed by atoms with E-state index in [2.05, 4.69) is 10.1 Å². The minimum atomic E-state index is -4.40. The summed E-state index contributed by atoms with van der Waals surface area (Å²) in [6, 6.07) is 16.0. The van der Waals surface area contributed by atoms with E-state index in [1.165, 1.54) is 7.11 Å². The van der Waals surface area contributed by atoms with Crippen LogP contribution in [0.15, 0.2) is 54.6 Å². The minimum Gasteiger partial charge on any atom is -0.496 e. The largest absolute Gasteiger partial charge is 0.496 e. The zero-order valence-electron chi connectivity index (χ0n) is 14.3. The summed E-state index contributed by atoms with van der Waals surface area (Å²) >= 11 is 0. The van der Waals surface area contributed by atoms with Crippen LogP contribution in [0.1, 0.15) is 23.6 Å². The maximum Gasteiger partial charge on any atom is 0.411 e. The zero-order valence-corrected chi connectivity index (χ0v) is 14.3. The minimum absolute atomic E-state index is 0.172. The standard InChI is InChI=1S/C19H20F3NO3/c1-25-16-10-6-5-9-15(16)18(14-7-3-2-4-8-14)23-17(24)11-12-26-13-19(20,21)22/h2-10,18H,11-13H2,1H3,(H,23,24). The molecule has 1 amide bonds. The van der Waals surface area contributed by atoms with Crippen LogP contribution in [0.2, 0.25) is 0 Å². The first-order valence-electron chi connectivity index (χ1n) is 8.02. The molecule has 0 spiro atoms. The molecule has 2 aromatic carbocycles. The summed E-state index contributed by atoms with van der Waals surface area (Å²) in [5, 5.41) is 2.84. The second-order valence-corrected chi connectivity index (χ2v) is 5.57. The molecule has 0 heterocycles. The Balaban J connectivity index is 2.09. The van der Waals surface area contributed by atoms with Gasteiger partial charge in [-0.1, -0.05) is 48.5 Å². The molecule has 140 valence electrons. The van der Waals surface area contributed by atoms with Gasteiger partial charge in [-0.25, -0.2) is 0 Å². The molecule has 2 rings (SSSR count). The van der Waals surface area contributed by atoms with Gasteiger partial charge in [0, 0.05) is 12.0 Å². The van der Waals surface area contributed by atoms with E-state index in [0.717, 1.165) is 11.1 Å². The second-order valence-electron chi connectivity index (χ2n) is 5.57. The van der Waals surface area contributed by atoms with E-state index >= 15 is 0 Å². The molecule has 2 aromatic rings. The van der Waals surface area contributed by atoms with Crippen LogP contribution >= 0.6 is 0 Å². The fourth-order valence-corrected chi connectivity index (χ4v) is 2.48. The first-order valence-corrected chi connectivity index (χ1v) is 8.02. The average Bonchev–Trinajstić information content (AvgIpc) is 2.63. The monoisotopic (exact) mass is 367 g/mol. The van der Waals surface area contributed by atoms with Crippen molar-refractivity contribution in [1.29, 1.82) is 0 Å². The van der Waals surface area contributed by atoms with E-state index in [0.29, 0.717) is 5.75 Å². The average molecular weight is 367 g/mol. The molecule has 0 aliphatic heterocycles. The second kappa shape index (κ2) is 9.24. The highest BCUT2D eigenvalue weighted by Gasteiger charge is 2.27. The lowest BCUT2D eigenvalue weighted by Gasteiger charge is -2.22. The van der Waals surface area contributed by atoms with Gasteiger partial charge < -0.3 is 14.8 Å². The van der Waals surface area contributed by atoms with Crippen molar-refractivity contribution in [2.45, 2.75) is 18.6 Å². The van der Waals surface area contributed by atoms with Crippen LogP contribution in [-0.4, -0.2) is 32.4 Å². The maximum absolute atomic E-state index is 12.2. The van der Waals surface area contributed by atoms with Gasteiger partial charge in [0.05, 0.1) is 19.8 Å². The summed E-state index contributed by atoms with van der Waals surface area (Å²) in [4.78, 5) is 12.2. The Morgan fingerprint density at radius 1 is 1.08 bits per heavy atom. The van der Waals surface area contributed by atoms with E-state index in [-0.39, 0.29) is 13.0 Å². The Kier molecular flexibility index (Phi) is 7.03. The van der Waals surface area contributed by atoms with Crippen LogP contribution in [0.5, 0.6) is 5.75 Å². The summed E-state index contributed by atoms with van der Waals surface area (Å²) in [5.74, 6) is 0.196. The van der Waals surface area contributed by atoms with Gasteiger partial charge in [0.2, 0.25) is 5.91 Å². The fraction of sp³-hybridized carbons (Fsp3) is 0.316. The van der Waals surface area contributed by atoms with Crippen molar-refractivity contribution in [3.8, 4) is 5.75 Å². The molecule has 0 aromatic heterocycles. The molecule has 1 unspecified atom stereocenters. The first kappa shape index (κ1) is 19.8. The number of amides is 1. The molecule has 0 fully saturated rings. The molecule has 1 atom stereocenters. The smallest absolute Gasteiger partial charge is 0.411 e. The number of para-hydroxylation sites is 1. The third-order valence-electron chi connectivity index (χ3n) is 3.63. The van der Waals surface area contributed by atoms with Gasteiger partial charge in [0.25, 0.3) is 0 Å². The van der Waals surface area contributed by atoms with E-state index in [1.807, 2.05) is 48.5 Å². The van der Waals surface area contributed by atoms with E-state index in [4.69, 9.17) is 4.74 Å². The molecule has 4 nitrogen and oxygen atoms in total. The maximum atomic E-state index is 12.2. The predicted octanol–water partition coefficient (Wildman–Crippen LogP) is 3.87. The molecule has 7 heteroatoms. The van der Waals surface area contributed by atoms with Gasteiger partial charge in [-0.15, -0.1) is 0 Å². The summed E-state index contributed by atoms with van der Waals surface area (Å²) in [6.45, 7) is -1.67. The molecule has 0 saturated carbocycles. The van der Waals surface area contributed by atoms with E-state index in [9.17, 15) is 18.0 Å². The van der Waals surface area contributed by atoms with Crippen LogP contribution in [0.25, 0.3) is 0 Å². The van der Waals surface area contributed by atoms with Crippen molar-refractivity contribution >= 4 is 5.91 Å².